The first-order valence-corrected chi connectivity index (χ1v) is 12.8. The summed E-state index contributed by atoms with van der Waals surface area (Å²) >= 11 is 0. The molecular weight excluding hydrogens is 452 g/mol. The largest absolute Gasteiger partial charge is 0.456 e. The summed E-state index contributed by atoms with van der Waals surface area (Å²) in [4.78, 5) is 32.9. The van der Waals surface area contributed by atoms with E-state index in [-0.39, 0.29) is 17.3 Å². The van der Waals surface area contributed by atoms with E-state index in [4.69, 9.17) is 15.1 Å². The molecule has 0 bridgehead atoms. The number of nitrogens with one attached hydrogen (secondary N) is 1. The highest BCUT2D eigenvalue weighted by Gasteiger charge is 2.28. The lowest BCUT2D eigenvalue weighted by Crippen LogP contribution is -2.36. The SMILES string of the molecule is CCCCc1nc2ccccn2c(=O)c1-c1ccc2c(c1)CCN2C(C)CC(=N)C(=O)OC(C)(C)C. The fourth-order valence-corrected chi connectivity index (χ4v) is 4.82. The molecule has 1 aliphatic heterocycles. The third-order valence-corrected chi connectivity index (χ3v) is 6.55. The van der Waals surface area contributed by atoms with Crippen LogP contribution in [0.25, 0.3) is 16.8 Å². The zero-order valence-electron chi connectivity index (χ0n) is 21.9. The van der Waals surface area contributed by atoms with Gasteiger partial charge in [-0.2, -0.15) is 0 Å². The number of anilines is 1. The van der Waals surface area contributed by atoms with Gasteiger partial charge in [0.25, 0.3) is 5.56 Å². The fraction of sp³-hybridized carbons (Fsp3) is 0.448. The van der Waals surface area contributed by atoms with Crippen LogP contribution >= 0.6 is 0 Å². The van der Waals surface area contributed by atoms with E-state index in [1.54, 1.807) is 31.4 Å². The number of fused-ring (bicyclic) bond motifs is 2. The first kappa shape index (κ1) is 25.6. The normalized spacial score (nSPS) is 14.1. The van der Waals surface area contributed by atoms with Crippen molar-refractivity contribution in [2.45, 2.75) is 78.4 Å². The van der Waals surface area contributed by atoms with Crippen molar-refractivity contribution in [2.75, 3.05) is 11.4 Å². The van der Waals surface area contributed by atoms with Crippen molar-refractivity contribution in [3.63, 3.8) is 0 Å². The van der Waals surface area contributed by atoms with Crippen LogP contribution < -0.4 is 10.5 Å². The van der Waals surface area contributed by atoms with Gasteiger partial charge in [-0.1, -0.05) is 25.5 Å². The highest BCUT2D eigenvalue weighted by Crippen LogP contribution is 2.34. The molecular formula is C29H36N4O3. The second-order valence-electron chi connectivity index (χ2n) is 10.6. The Morgan fingerprint density at radius 2 is 2.00 bits per heavy atom. The summed E-state index contributed by atoms with van der Waals surface area (Å²) < 4.78 is 6.98. The van der Waals surface area contributed by atoms with Crippen LogP contribution in [0, 0.1) is 5.41 Å². The minimum atomic E-state index is -0.616. The Balaban J connectivity index is 1.62. The van der Waals surface area contributed by atoms with Crippen LogP contribution in [0.2, 0.25) is 0 Å². The lowest BCUT2D eigenvalue weighted by atomic mass is 9.98. The molecule has 1 aliphatic rings. The molecule has 1 aromatic carbocycles. The molecule has 0 radical (unpaired) electrons. The Labute approximate surface area is 212 Å². The number of rotatable bonds is 8. The summed E-state index contributed by atoms with van der Waals surface area (Å²) in [7, 11) is 0. The summed E-state index contributed by atoms with van der Waals surface area (Å²) in [6, 6.07) is 11.8. The lowest BCUT2D eigenvalue weighted by Gasteiger charge is -2.28. The Hall–Kier alpha value is -3.48. The van der Waals surface area contributed by atoms with Gasteiger partial charge in [-0.05, 0) is 82.3 Å². The first-order chi connectivity index (χ1) is 17.1. The number of ether oxygens (including phenoxy) is 1. The fourth-order valence-electron chi connectivity index (χ4n) is 4.82. The number of unbranched alkanes of at least 4 members (excludes halogenated alkanes) is 1. The van der Waals surface area contributed by atoms with Crippen molar-refractivity contribution in [2.24, 2.45) is 0 Å². The Morgan fingerprint density at radius 1 is 1.22 bits per heavy atom. The number of pyridine rings is 1. The zero-order valence-corrected chi connectivity index (χ0v) is 21.9. The van der Waals surface area contributed by atoms with Gasteiger partial charge in [0.05, 0.1) is 11.3 Å². The molecule has 0 saturated carbocycles. The standard InChI is InChI=1S/C29H36N4O3/c1-6-7-10-23-26(27(34)33-15-9-8-11-25(33)31-23)21-12-13-24-20(18-21)14-16-32(24)19(2)17-22(30)28(35)36-29(3,4)5/h8-9,11-13,15,18-19,30H,6-7,10,14,16-17H2,1-5H3. The molecule has 4 rings (SSSR count). The van der Waals surface area contributed by atoms with Crippen LogP contribution in [0.4, 0.5) is 5.69 Å². The molecule has 0 amide bonds. The van der Waals surface area contributed by atoms with E-state index in [0.29, 0.717) is 17.6 Å². The number of nitrogens with zero attached hydrogens (tertiary/aromatic N) is 3. The molecule has 3 heterocycles. The first-order valence-electron chi connectivity index (χ1n) is 12.8. The second-order valence-corrected chi connectivity index (χ2v) is 10.6. The summed E-state index contributed by atoms with van der Waals surface area (Å²) in [6.07, 6.45) is 5.70. The average molecular weight is 489 g/mol. The van der Waals surface area contributed by atoms with Gasteiger partial charge >= 0.3 is 5.97 Å². The van der Waals surface area contributed by atoms with Crippen LogP contribution in [0.5, 0.6) is 0 Å². The quantitative estimate of drug-likeness (QED) is 0.348. The van der Waals surface area contributed by atoms with Crippen molar-refractivity contribution >= 4 is 23.0 Å². The molecule has 0 aliphatic carbocycles. The van der Waals surface area contributed by atoms with Gasteiger partial charge in [-0.25, -0.2) is 9.78 Å². The molecule has 7 nitrogen and oxygen atoms in total. The minimum absolute atomic E-state index is 0.0154. The molecule has 36 heavy (non-hydrogen) atoms. The lowest BCUT2D eigenvalue weighted by molar-refractivity contribution is -0.146. The third-order valence-electron chi connectivity index (χ3n) is 6.55. The molecule has 1 unspecified atom stereocenters. The van der Waals surface area contributed by atoms with E-state index in [9.17, 15) is 9.59 Å². The summed E-state index contributed by atoms with van der Waals surface area (Å²) in [5.41, 5.74) is 4.68. The molecule has 3 aromatic rings. The number of carbonyl (C=O) groups excluding carboxylic acids is 1. The second kappa shape index (κ2) is 10.2. The number of esters is 1. The molecule has 1 N–H and O–H groups in total. The van der Waals surface area contributed by atoms with Gasteiger partial charge < -0.3 is 9.64 Å². The molecule has 7 heteroatoms. The smallest absolute Gasteiger partial charge is 0.352 e. The van der Waals surface area contributed by atoms with Crippen molar-refractivity contribution in [3.05, 3.63) is 64.2 Å². The van der Waals surface area contributed by atoms with Gasteiger partial charge in [0, 0.05) is 30.9 Å². The minimum Gasteiger partial charge on any atom is -0.456 e. The van der Waals surface area contributed by atoms with E-state index >= 15 is 0 Å². The molecule has 0 fully saturated rings. The van der Waals surface area contributed by atoms with Gasteiger partial charge in [-0.15, -0.1) is 0 Å². The summed E-state index contributed by atoms with van der Waals surface area (Å²) in [5, 5.41) is 8.22. The monoisotopic (exact) mass is 488 g/mol. The number of hydrogen-bond acceptors (Lipinski definition) is 6. The maximum Gasteiger partial charge on any atom is 0.352 e. The molecule has 0 spiro atoms. The van der Waals surface area contributed by atoms with Crippen molar-refractivity contribution < 1.29 is 9.53 Å². The predicted molar refractivity (Wildman–Crippen MR) is 144 cm³/mol. The van der Waals surface area contributed by atoms with Crippen LogP contribution in [0.15, 0.2) is 47.4 Å². The Bertz CT molecular complexity index is 1350. The van der Waals surface area contributed by atoms with Crippen LogP contribution in [-0.4, -0.2) is 39.3 Å². The van der Waals surface area contributed by atoms with Gasteiger partial charge in [0.1, 0.15) is 17.0 Å². The third kappa shape index (κ3) is 5.35. The van der Waals surface area contributed by atoms with E-state index < -0.39 is 11.6 Å². The van der Waals surface area contributed by atoms with Crippen LogP contribution in [-0.2, 0) is 22.4 Å². The average Bonchev–Trinajstić information content (AvgIpc) is 3.25. The molecule has 190 valence electrons. The maximum absolute atomic E-state index is 13.5. The molecule has 1 atom stereocenters. The highest BCUT2D eigenvalue weighted by atomic mass is 16.6. The molecule has 2 aromatic heterocycles. The van der Waals surface area contributed by atoms with Crippen molar-refractivity contribution in [1.29, 1.82) is 5.41 Å². The zero-order chi connectivity index (χ0) is 26.0. The van der Waals surface area contributed by atoms with Crippen LogP contribution in [0.1, 0.15) is 65.1 Å². The maximum atomic E-state index is 13.5. The summed E-state index contributed by atoms with van der Waals surface area (Å²) in [5.74, 6) is -0.562. The van der Waals surface area contributed by atoms with E-state index in [2.05, 4.69) is 24.0 Å². The Kier molecular flexibility index (Phi) is 7.29. The van der Waals surface area contributed by atoms with E-state index in [1.165, 1.54) is 5.56 Å². The van der Waals surface area contributed by atoms with Crippen molar-refractivity contribution in [1.82, 2.24) is 9.38 Å². The van der Waals surface area contributed by atoms with E-state index in [0.717, 1.165) is 49.2 Å². The summed E-state index contributed by atoms with van der Waals surface area (Å²) in [6.45, 7) is 10.4. The predicted octanol–water partition coefficient (Wildman–Crippen LogP) is 5.21. The number of carbonyl (C=O) groups is 1. The van der Waals surface area contributed by atoms with Gasteiger partial charge in [0.15, 0.2) is 0 Å². The number of hydrogen-bond donors (Lipinski definition) is 1. The number of aromatic nitrogens is 2. The highest BCUT2D eigenvalue weighted by molar-refractivity contribution is 6.35. The van der Waals surface area contributed by atoms with Crippen molar-refractivity contribution in [3.8, 4) is 11.1 Å². The number of benzene rings is 1. The van der Waals surface area contributed by atoms with Gasteiger partial charge in [-0.3, -0.25) is 14.6 Å². The molecule has 0 saturated heterocycles. The van der Waals surface area contributed by atoms with Crippen LogP contribution in [0.3, 0.4) is 0 Å². The van der Waals surface area contributed by atoms with E-state index in [1.807, 2.05) is 31.2 Å². The van der Waals surface area contributed by atoms with Gasteiger partial charge in [0.2, 0.25) is 0 Å². The topological polar surface area (TPSA) is 87.8 Å². The Morgan fingerprint density at radius 3 is 2.72 bits per heavy atom. The number of aryl methyl sites for hydroxylation is 1.